The lowest BCUT2D eigenvalue weighted by Crippen LogP contribution is -2.45. The maximum Gasteiger partial charge on any atom is 0.419 e. The Kier molecular flexibility index (Phi) is 7.21. The fourth-order valence-electron chi connectivity index (χ4n) is 4.00. The molecule has 0 unspecified atom stereocenters. The highest BCUT2D eigenvalue weighted by atomic mass is 32.2. The summed E-state index contributed by atoms with van der Waals surface area (Å²) in [4.78, 5) is 11.5. The lowest BCUT2D eigenvalue weighted by Gasteiger charge is -2.40. The van der Waals surface area contributed by atoms with Crippen molar-refractivity contribution in [2.24, 2.45) is 5.41 Å². The monoisotopic (exact) mass is 543 g/mol. The van der Waals surface area contributed by atoms with Crippen LogP contribution in [-0.2, 0) is 22.2 Å². The molecule has 0 atom stereocenters. The zero-order valence-electron chi connectivity index (χ0n) is 18.7. The van der Waals surface area contributed by atoms with Crippen LogP contribution in [0.15, 0.2) is 47.4 Å². The fourth-order valence-corrected chi connectivity index (χ4v) is 5.71. The van der Waals surface area contributed by atoms with Gasteiger partial charge in [-0.05, 0) is 67.5 Å². The van der Waals surface area contributed by atoms with Crippen LogP contribution in [0.5, 0.6) is 0 Å². The third kappa shape index (κ3) is 5.65. The van der Waals surface area contributed by atoms with Crippen molar-refractivity contribution in [3.63, 3.8) is 0 Å². The Morgan fingerprint density at radius 1 is 0.944 bits per heavy atom. The molecule has 0 spiro atoms. The summed E-state index contributed by atoms with van der Waals surface area (Å²) in [7, 11) is -4.79. The summed E-state index contributed by atoms with van der Waals surface area (Å²) in [6, 6.07) is 4.56. The molecular formula is C23H21F8NO3S. The topological polar surface area (TPSA) is 63.2 Å². The summed E-state index contributed by atoms with van der Waals surface area (Å²) in [6.07, 6.45) is -11.1. The van der Waals surface area contributed by atoms with E-state index in [1.54, 1.807) is 6.92 Å². The third-order valence-corrected chi connectivity index (χ3v) is 8.61. The number of hydrogen-bond donors (Lipinski definition) is 1. The van der Waals surface area contributed by atoms with E-state index < -0.39 is 78.8 Å². The minimum atomic E-state index is -5.01. The number of carbonyl (C=O) groups excluding carboxylic acids is 1. The van der Waals surface area contributed by atoms with E-state index in [2.05, 4.69) is 5.32 Å². The van der Waals surface area contributed by atoms with Gasteiger partial charge < -0.3 is 5.32 Å². The van der Waals surface area contributed by atoms with Crippen molar-refractivity contribution in [3.05, 3.63) is 65.0 Å². The molecule has 3 rings (SSSR count). The molecule has 198 valence electrons. The predicted molar refractivity (Wildman–Crippen MR) is 113 cm³/mol. The van der Waals surface area contributed by atoms with Crippen molar-refractivity contribution < 1.29 is 48.3 Å². The van der Waals surface area contributed by atoms with Crippen molar-refractivity contribution in [2.45, 2.75) is 54.9 Å². The standard InChI is InChI=1S/C23H21F8NO3S/c1-20(13-32-19(33)14-5-6-18(24)17(11-14)23(29,30)31)7-9-21(25,10-8-20)36(34,35)16-4-2-3-15(12-16)22(26,27)28/h2-6,11-12H,7-10,13H2,1H3,(H,32,33). The second-order valence-electron chi connectivity index (χ2n) is 9.10. The van der Waals surface area contributed by atoms with Gasteiger partial charge in [-0.3, -0.25) is 4.79 Å². The molecule has 0 aromatic heterocycles. The largest absolute Gasteiger partial charge is 0.419 e. The Labute approximate surface area is 201 Å². The van der Waals surface area contributed by atoms with Gasteiger partial charge in [0.15, 0.2) is 0 Å². The van der Waals surface area contributed by atoms with Gasteiger partial charge in [-0.15, -0.1) is 0 Å². The van der Waals surface area contributed by atoms with Gasteiger partial charge in [0.25, 0.3) is 5.91 Å². The van der Waals surface area contributed by atoms with E-state index >= 15 is 4.39 Å². The number of nitrogens with one attached hydrogen (secondary N) is 1. The molecule has 13 heteroatoms. The lowest BCUT2D eigenvalue weighted by molar-refractivity contribution is -0.140. The quantitative estimate of drug-likeness (QED) is 0.450. The van der Waals surface area contributed by atoms with Crippen molar-refractivity contribution in [2.75, 3.05) is 6.54 Å². The molecular weight excluding hydrogens is 522 g/mol. The molecule has 1 aliphatic rings. The van der Waals surface area contributed by atoms with Crippen molar-refractivity contribution >= 4 is 15.7 Å². The molecule has 0 radical (unpaired) electrons. The summed E-state index contributed by atoms with van der Waals surface area (Å²) in [5, 5.41) is -0.430. The highest BCUT2D eigenvalue weighted by Crippen LogP contribution is 2.47. The first kappa shape index (κ1) is 27.9. The number of sulfone groups is 1. The second-order valence-corrected chi connectivity index (χ2v) is 11.3. The van der Waals surface area contributed by atoms with Gasteiger partial charge in [0, 0.05) is 12.1 Å². The first-order chi connectivity index (χ1) is 16.4. The number of halogens is 8. The van der Waals surface area contributed by atoms with Gasteiger partial charge in [0.2, 0.25) is 14.8 Å². The molecule has 1 N–H and O–H groups in total. The van der Waals surface area contributed by atoms with Gasteiger partial charge in [0.05, 0.1) is 16.0 Å². The molecule has 0 bridgehead atoms. The molecule has 0 aliphatic heterocycles. The minimum absolute atomic E-state index is 0.0841. The Hall–Kier alpha value is -2.70. The third-order valence-electron chi connectivity index (χ3n) is 6.37. The van der Waals surface area contributed by atoms with Crippen LogP contribution in [0.25, 0.3) is 0 Å². The summed E-state index contributed by atoms with van der Waals surface area (Å²) in [5.41, 5.74) is -4.14. The van der Waals surface area contributed by atoms with E-state index in [1.165, 1.54) is 0 Å². The van der Waals surface area contributed by atoms with Crippen LogP contribution in [0.4, 0.5) is 35.1 Å². The molecule has 1 amide bonds. The van der Waals surface area contributed by atoms with Crippen molar-refractivity contribution in [1.29, 1.82) is 0 Å². The summed E-state index contributed by atoms with van der Waals surface area (Å²) >= 11 is 0. The number of rotatable bonds is 5. The molecule has 1 fully saturated rings. The second kappa shape index (κ2) is 9.31. The molecule has 1 saturated carbocycles. The maximum atomic E-state index is 15.6. The van der Waals surface area contributed by atoms with Crippen LogP contribution in [0.2, 0.25) is 0 Å². The highest BCUT2D eigenvalue weighted by molar-refractivity contribution is 7.92. The van der Waals surface area contributed by atoms with Crippen LogP contribution in [0, 0.1) is 11.2 Å². The zero-order valence-corrected chi connectivity index (χ0v) is 19.6. The van der Waals surface area contributed by atoms with Crippen LogP contribution in [0.1, 0.15) is 54.1 Å². The van der Waals surface area contributed by atoms with E-state index in [1.807, 2.05) is 0 Å². The summed E-state index contributed by atoms with van der Waals surface area (Å²) < 4.78 is 132. The fraction of sp³-hybridized carbons (Fsp3) is 0.435. The average molecular weight is 543 g/mol. The Morgan fingerprint density at radius 2 is 1.56 bits per heavy atom. The first-order valence-electron chi connectivity index (χ1n) is 10.6. The van der Waals surface area contributed by atoms with Crippen molar-refractivity contribution in [1.82, 2.24) is 5.32 Å². The number of carbonyl (C=O) groups is 1. The Morgan fingerprint density at radius 3 is 2.11 bits per heavy atom. The van der Waals surface area contributed by atoms with Gasteiger partial charge in [0.1, 0.15) is 5.82 Å². The molecule has 36 heavy (non-hydrogen) atoms. The van der Waals surface area contributed by atoms with E-state index in [0.29, 0.717) is 24.3 Å². The SMILES string of the molecule is CC1(CNC(=O)c2ccc(F)c(C(F)(F)F)c2)CCC(F)(S(=O)(=O)c2cccc(C(F)(F)F)c2)CC1. The van der Waals surface area contributed by atoms with Crippen LogP contribution in [0.3, 0.4) is 0 Å². The molecule has 0 saturated heterocycles. The molecule has 1 aliphatic carbocycles. The van der Waals surface area contributed by atoms with Gasteiger partial charge >= 0.3 is 12.4 Å². The molecule has 4 nitrogen and oxygen atoms in total. The van der Waals surface area contributed by atoms with Gasteiger partial charge in [-0.25, -0.2) is 17.2 Å². The Balaban J connectivity index is 1.70. The molecule has 2 aromatic carbocycles. The van der Waals surface area contributed by atoms with Crippen molar-refractivity contribution in [3.8, 4) is 0 Å². The van der Waals surface area contributed by atoms with E-state index in [9.17, 15) is 43.9 Å². The lowest BCUT2D eigenvalue weighted by atomic mass is 9.74. The number of benzene rings is 2. The van der Waals surface area contributed by atoms with Crippen LogP contribution >= 0.6 is 0 Å². The Bertz CT molecular complexity index is 1250. The van der Waals surface area contributed by atoms with E-state index in [0.717, 1.165) is 18.2 Å². The molecule has 0 heterocycles. The summed E-state index contributed by atoms with van der Waals surface area (Å²) in [6.45, 7) is 1.46. The zero-order chi connectivity index (χ0) is 27.2. The van der Waals surface area contributed by atoms with Gasteiger partial charge in [-0.1, -0.05) is 13.0 Å². The van der Waals surface area contributed by atoms with E-state index in [-0.39, 0.29) is 19.4 Å². The van der Waals surface area contributed by atoms with Crippen LogP contribution < -0.4 is 5.32 Å². The normalized spacial score (nSPS) is 23.4. The highest BCUT2D eigenvalue weighted by Gasteiger charge is 2.50. The van der Waals surface area contributed by atoms with Gasteiger partial charge in [-0.2, -0.15) is 26.3 Å². The predicted octanol–water partition coefficient (Wildman–Crippen LogP) is 6.31. The minimum Gasteiger partial charge on any atom is -0.351 e. The number of amides is 1. The van der Waals surface area contributed by atoms with Crippen LogP contribution in [-0.4, -0.2) is 25.9 Å². The average Bonchev–Trinajstić information content (AvgIpc) is 2.79. The molecule has 2 aromatic rings. The smallest absolute Gasteiger partial charge is 0.351 e. The summed E-state index contributed by atoms with van der Waals surface area (Å²) in [5.74, 6) is -2.48. The maximum absolute atomic E-state index is 15.6. The van der Waals surface area contributed by atoms with E-state index in [4.69, 9.17) is 0 Å². The number of alkyl halides is 7. The first-order valence-corrected chi connectivity index (χ1v) is 12.1. The number of hydrogen-bond acceptors (Lipinski definition) is 3.